The molecule has 0 bridgehead atoms. The van der Waals surface area contributed by atoms with Crippen LogP contribution in [0.15, 0.2) is 30.3 Å². The first-order valence-electron chi connectivity index (χ1n) is 9.72. The molecule has 7 N–H and O–H groups in total. The smallest absolute Gasteiger partial charge is 0.203 e. The van der Waals surface area contributed by atoms with Crippen LogP contribution in [0.4, 0.5) is 0 Å². The minimum atomic E-state index is -1.71. The third kappa shape index (κ3) is 3.70. The largest absolute Gasteiger partial charge is 0.508 e. The number of ketones is 1. The average molecular weight is 450 g/mol. The van der Waals surface area contributed by atoms with E-state index in [-0.39, 0.29) is 22.6 Å². The second-order valence-corrected chi connectivity index (χ2v) is 7.73. The zero-order valence-electron chi connectivity index (χ0n) is 16.7. The topological polar surface area (TPSA) is 186 Å². The molecule has 2 aliphatic rings. The summed E-state index contributed by atoms with van der Waals surface area (Å²) < 4.78 is 16.9. The number of phenolic OH excluding ortho intramolecular Hbond substituents is 4. The van der Waals surface area contributed by atoms with Crippen molar-refractivity contribution in [2.75, 3.05) is 0 Å². The lowest BCUT2D eigenvalue weighted by molar-refractivity contribution is -0.304. The van der Waals surface area contributed by atoms with Crippen LogP contribution >= 0.6 is 0 Å². The molecule has 4 rings (SSSR count). The first-order chi connectivity index (χ1) is 15.1. The van der Waals surface area contributed by atoms with Crippen molar-refractivity contribution in [2.45, 2.75) is 49.8 Å². The summed E-state index contributed by atoms with van der Waals surface area (Å²) in [5.41, 5.74) is -0.1000. The van der Waals surface area contributed by atoms with E-state index in [1.165, 1.54) is 19.1 Å². The minimum absolute atomic E-state index is 0.154. The molecular weight excluding hydrogens is 428 g/mol. The summed E-state index contributed by atoms with van der Waals surface area (Å²) in [7, 11) is 0. The van der Waals surface area contributed by atoms with Crippen molar-refractivity contribution in [2.24, 2.45) is 0 Å². The van der Waals surface area contributed by atoms with Crippen molar-refractivity contribution in [1.82, 2.24) is 0 Å². The van der Waals surface area contributed by atoms with Gasteiger partial charge in [-0.25, -0.2) is 0 Å². The number of phenols is 4. The third-order valence-corrected chi connectivity index (χ3v) is 5.52. The molecule has 0 spiro atoms. The molecule has 0 saturated carbocycles. The van der Waals surface area contributed by atoms with E-state index >= 15 is 0 Å². The van der Waals surface area contributed by atoms with E-state index in [2.05, 4.69) is 0 Å². The van der Waals surface area contributed by atoms with Crippen molar-refractivity contribution < 1.29 is 54.8 Å². The monoisotopic (exact) mass is 450 g/mol. The molecule has 2 aliphatic heterocycles. The van der Waals surface area contributed by atoms with Gasteiger partial charge in [0.2, 0.25) is 5.78 Å². The van der Waals surface area contributed by atoms with Crippen LogP contribution in [0, 0.1) is 0 Å². The zero-order chi connectivity index (χ0) is 23.3. The maximum Gasteiger partial charge on any atom is 0.203 e. The van der Waals surface area contributed by atoms with Gasteiger partial charge in [-0.3, -0.25) is 4.79 Å². The lowest BCUT2D eigenvalue weighted by Crippen LogP contribution is -2.59. The Kier molecular flexibility index (Phi) is 5.61. The Labute approximate surface area is 181 Å². The fraction of sp³-hybridized carbons (Fsp3) is 0.381. The summed E-state index contributed by atoms with van der Waals surface area (Å²) in [4.78, 5) is 13.3. The predicted octanol–water partition coefficient (Wildman–Crippen LogP) is 0.0381. The number of carbonyl (C=O) groups is 1. The van der Waals surface area contributed by atoms with Crippen molar-refractivity contribution >= 4 is 5.78 Å². The number of hydrogen-bond donors (Lipinski definition) is 7. The number of fused-ring (bicyclic) bond motifs is 1. The number of Topliss-reactive ketones (excluding diaryl/α,β-unsaturated/α-hetero) is 1. The van der Waals surface area contributed by atoms with Gasteiger partial charge < -0.3 is 50.0 Å². The molecule has 0 aliphatic carbocycles. The molecule has 172 valence electrons. The Hall–Kier alpha value is -3.09. The molecular formula is C21H22O11. The highest BCUT2D eigenvalue weighted by atomic mass is 16.7. The Balaban J connectivity index is 1.75. The van der Waals surface area contributed by atoms with Gasteiger partial charge in [-0.1, -0.05) is 6.07 Å². The van der Waals surface area contributed by atoms with Crippen molar-refractivity contribution in [1.29, 1.82) is 0 Å². The highest BCUT2D eigenvalue weighted by molar-refractivity contribution is 6.05. The van der Waals surface area contributed by atoms with Crippen LogP contribution in [-0.2, 0) is 9.47 Å². The van der Waals surface area contributed by atoms with Crippen molar-refractivity contribution in [3.8, 4) is 28.7 Å². The number of aliphatic hydroxyl groups is 3. The fourth-order valence-corrected chi connectivity index (χ4v) is 3.77. The molecule has 32 heavy (non-hydrogen) atoms. The van der Waals surface area contributed by atoms with Gasteiger partial charge in [0.05, 0.1) is 6.10 Å². The molecule has 1 fully saturated rings. The molecule has 2 aromatic rings. The molecule has 11 heteroatoms. The van der Waals surface area contributed by atoms with E-state index in [9.17, 15) is 40.5 Å². The molecule has 11 nitrogen and oxygen atoms in total. The number of aromatic hydroxyl groups is 4. The first kappa shape index (κ1) is 22.1. The van der Waals surface area contributed by atoms with Gasteiger partial charge in [-0.2, -0.15) is 0 Å². The first-order valence-corrected chi connectivity index (χ1v) is 9.72. The number of carbonyl (C=O) groups excluding carboxylic acids is 1. The molecule has 0 radical (unpaired) electrons. The van der Waals surface area contributed by atoms with E-state index in [0.29, 0.717) is 0 Å². The molecule has 0 amide bonds. The molecule has 2 aromatic carbocycles. The van der Waals surface area contributed by atoms with Crippen LogP contribution in [0.25, 0.3) is 0 Å². The lowest BCUT2D eigenvalue weighted by atomic mass is 9.92. The second-order valence-electron chi connectivity index (χ2n) is 7.73. The highest BCUT2D eigenvalue weighted by Gasteiger charge is 2.48. The fourth-order valence-electron chi connectivity index (χ4n) is 3.77. The summed E-state index contributed by atoms with van der Waals surface area (Å²) in [6.07, 6.45) is -10.0. The van der Waals surface area contributed by atoms with Crippen LogP contribution in [0.1, 0.15) is 28.9 Å². The zero-order valence-corrected chi connectivity index (χ0v) is 16.7. The summed E-state index contributed by atoms with van der Waals surface area (Å²) in [5, 5.41) is 69.7. The molecule has 1 saturated heterocycles. The summed E-state index contributed by atoms with van der Waals surface area (Å²) in [5.74, 6) is -2.79. The third-order valence-electron chi connectivity index (χ3n) is 5.52. The maximum atomic E-state index is 13.3. The Morgan fingerprint density at radius 2 is 1.59 bits per heavy atom. The van der Waals surface area contributed by atoms with Gasteiger partial charge in [0, 0.05) is 12.1 Å². The average Bonchev–Trinajstić information content (AvgIpc) is 2.73. The van der Waals surface area contributed by atoms with E-state index < -0.39 is 65.9 Å². The summed E-state index contributed by atoms with van der Waals surface area (Å²) in [6, 6.07) is 5.72. The van der Waals surface area contributed by atoms with Crippen LogP contribution < -0.4 is 4.74 Å². The minimum Gasteiger partial charge on any atom is -0.508 e. The quantitative estimate of drug-likeness (QED) is 0.313. The van der Waals surface area contributed by atoms with E-state index in [1.807, 2.05) is 0 Å². The van der Waals surface area contributed by atoms with Crippen LogP contribution in [-0.4, -0.2) is 78.3 Å². The van der Waals surface area contributed by atoms with Crippen LogP contribution in [0.5, 0.6) is 28.7 Å². The highest BCUT2D eigenvalue weighted by Crippen LogP contribution is 2.44. The number of ether oxygens (including phenoxy) is 3. The number of aliphatic hydroxyl groups excluding tert-OH is 3. The number of hydrogen-bond acceptors (Lipinski definition) is 11. The van der Waals surface area contributed by atoms with Gasteiger partial charge in [0.1, 0.15) is 41.1 Å². The number of benzene rings is 2. The standard InChI is InChI=1S/C21H22O11/c1-7-15(26)17(28)18(29)21(30-7)32-20-16(27)14-12(25)5-9(22)6-13(14)31-19(20)8-2-3-10(23)11(24)4-8/h2-7,15,17-26,28-29H,1H3/t7-,15-,17-,18-,19-,20+,21?/m1/s1. The van der Waals surface area contributed by atoms with Gasteiger partial charge >= 0.3 is 0 Å². The van der Waals surface area contributed by atoms with E-state index in [1.54, 1.807) is 0 Å². The summed E-state index contributed by atoms with van der Waals surface area (Å²) in [6.45, 7) is 1.44. The molecule has 2 heterocycles. The maximum absolute atomic E-state index is 13.3. The number of rotatable bonds is 3. The van der Waals surface area contributed by atoms with Crippen LogP contribution in [0.3, 0.4) is 0 Å². The van der Waals surface area contributed by atoms with Gasteiger partial charge in [0.25, 0.3) is 0 Å². The van der Waals surface area contributed by atoms with Crippen molar-refractivity contribution in [3.63, 3.8) is 0 Å². The van der Waals surface area contributed by atoms with Gasteiger partial charge in [0.15, 0.2) is 30.0 Å². The van der Waals surface area contributed by atoms with Gasteiger partial charge in [-0.05, 0) is 24.6 Å². The Morgan fingerprint density at radius 3 is 2.28 bits per heavy atom. The SMILES string of the molecule is C[C@H]1OC(O[C@H]2C(=O)c3c(O)cc(O)cc3O[C@@H]2c2ccc(O)c(O)c2)[C@H](O)[C@H](O)[C@@H]1O. The van der Waals surface area contributed by atoms with E-state index in [4.69, 9.17) is 14.2 Å². The normalized spacial score (nSPS) is 32.2. The van der Waals surface area contributed by atoms with Crippen LogP contribution in [0.2, 0.25) is 0 Å². The Morgan fingerprint density at radius 1 is 0.875 bits per heavy atom. The summed E-state index contributed by atoms with van der Waals surface area (Å²) >= 11 is 0. The van der Waals surface area contributed by atoms with E-state index in [0.717, 1.165) is 18.2 Å². The molecule has 1 unspecified atom stereocenters. The Bertz CT molecular complexity index is 1040. The predicted molar refractivity (Wildman–Crippen MR) is 104 cm³/mol. The molecule has 0 aromatic heterocycles. The lowest BCUT2D eigenvalue weighted by Gasteiger charge is -2.42. The van der Waals surface area contributed by atoms with Gasteiger partial charge in [-0.15, -0.1) is 0 Å². The molecule has 7 atom stereocenters. The van der Waals surface area contributed by atoms with Crippen molar-refractivity contribution in [3.05, 3.63) is 41.5 Å². The second kappa shape index (κ2) is 8.11.